The highest BCUT2D eigenvalue weighted by molar-refractivity contribution is 8.76. The van der Waals surface area contributed by atoms with Crippen molar-refractivity contribution < 1.29 is 19.1 Å². The zero-order valence-corrected chi connectivity index (χ0v) is 40.5. The van der Waals surface area contributed by atoms with Gasteiger partial charge in [-0.25, -0.2) is 0 Å². The maximum atomic E-state index is 13.4. The first-order valence-corrected chi connectivity index (χ1v) is 25.7. The van der Waals surface area contributed by atoms with E-state index in [1.54, 1.807) is 21.6 Å². The lowest BCUT2D eigenvalue weighted by molar-refractivity contribution is -0.122. The van der Waals surface area contributed by atoms with Crippen molar-refractivity contribution in [2.45, 2.75) is 76.9 Å². The number of amides is 2. The number of benzene rings is 4. The molecule has 66 heavy (non-hydrogen) atoms. The van der Waals surface area contributed by atoms with E-state index in [-0.39, 0.29) is 35.7 Å². The minimum atomic E-state index is -0.582. The van der Waals surface area contributed by atoms with E-state index < -0.39 is 11.4 Å². The van der Waals surface area contributed by atoms with Crippen molar-refractivity contribution in [1.29, 1.82) is 0 Å². The Hall–Kier alpha value is -5.40. The molecule has 0 radical (unpaired) electrons. The zero-order valence-electron chi connectivity index (χ0n) is 38.9. The van der Waals surface area contributed by atoms with Gasteiger partial charge in [-0.3, -0.25) is 9.59 Å². The first-order chi connectivity index (χ1) is 31.9. The third-order valence-corrected chi connectivity index (χ3v) is 17.2. The van der Waals surface area contributed by atoms with Crippen LogP contribution in [0.3, 0.4) is 0 Å². The normalized spacial score (nSPS) is 21.3. The molecule has 2 amide bonds. The topological polar surface area (TPSA) is 93.0 Å². The number of anilines is 2. The highest BCUT2D eigenvalue weighted by atomic mass is 33.1. The molecule has 4 aromatic carbocycles. The largest absolute Gasteiger partial charge is 0.354 e. The van der Waals surface area contributed by atoms with E-state index in [9.17, 15) is 9.59 Å². The molecule has 0 saturated carbocycles. The monoisotopic (exact) mass is 920 g/mol. The molecule has 4 aliphatic rings. The average Bonchev–Trinajstić information content (AvgIpc) is 4.13. The Kier molecular flexibility index (Phi) is 11.7. The maximum Gasteiger partial charge on any atom is 0.239 e. The number of rotatable bonds is 15. The molecule has 2 saturated heterocycles. The van der Waals surface area contributed by atoms with Crippen LogP contribution in [0.4, 0.5) is 11.4 Å². The van der Waals surface area contributed by atoms with Crippen LogP contribution in [0, 0.1) is 13.8 Å². The van der Waals surface area contributed by atoms with Crippen molar-refractivity contribution in [3.05, 3.63) is 143 Å². The fourth-order valence-electron chi connectivity index (χ4n) is 11.4. The van der Waals surface area contributed by atoms with Crippen LogP contribution in [0.25, 0.3) is 34.0 Å². The van der Waals surface area contributed by atoms with Gasteiger partial charge in [0.25, 0.3) is 0 Å². The lowest BCUT2D eigenvalue weighted by Gasteiger charge is -2.39. The number of hydrogen-bond acceptors (Lipinski definition) is 8. The Morgan fingerprint density at radius 3 is 1.42 bits per heavy atom. The number of aromatic nitrogens is 2. The van der Waals surface area contributed by atoms with Gasteiger partial charge >= 0.3 is 0 Å². The Labute approximate surface area is 396 Å². The fourth-order valence-corrected chi connectivity index (χ4v) is 13.2. The molecule has 12 heteroatoms. The average molecular weight is 921 g/mol. The van der Waals surface area contributed by atoms with Gasteiger partial charge in [-0.1, -0.05) is 134 Å². The van der Waals surface area contributed by atoms with E-state index in [2.05, 4.69) is 180 Å². The standard InChI is InChI=1S/C54H60N6O4S2/c1-37-39(23-25-53-51(3,4)43-17-9-13-21-47(43)59(53)29-31-63-53)41-15-7-11-19-45(41)57(37)35-49(61)55-27-33-65-66-34-28-56-50(62)36-58-38(2)40(42-16-8-12-20-46(42)58)24-26-54-52(5,6)44-18-10-14-22-48(44)60(54)30-32-64-54/h7-26H,27-36H2,1-6H3,(H,55,61)(H,56,62)/b25-23+,26-24+. The predicted molar refractivity (Wildman–Crippen MR) is 273 cm³/mol. The highest BCUT2D eigenvalue weighted by Gasteiger charge is 2.60. The molecule has 342 valence electrons. The van der Waals surface area contributed by atoms with Gasteiger partial charge in [0, 0.05) is 104 Å². The molecule has 6 aromatic rings. The second-order valence-corrected chi connectivity index (χ2v) is 21.6. The molecule has 10 rings (SSSR count). The van der Waals surface area contributed by atoms with Crippen molar-refractivity contribution in [2.75, 3.05) is 60.7 Å². The molecular weight excluding hydrogens is 861 g/mol. The first kappa shape index (κ1) is 44.4. The molecule has 0 aliphatic carbocycles. The third-order valence-electron chi connectivity index (χ3n) is 14.8. The molecule has 4 aliphatic heterocycles. The summed E-state index contributed by atoms with van der Waals surface area (Å²) in [4.78, 5) is 31.5. The van der Waals surface area contributed by atoms with Gasteiger partial charge in [-0.05, 0) is 61.4 Å². The van der Waals surface area contributed by atoms with Crippen molar-refractivity contribution in [1.82, 2.24) is 19.8 Å². The van der Waals surface area contributed by atoms with Gasteiger partial charge in [-0.2, -0.15) is 0 Å². The van der Waals surface area contributed by atoms with Crippen LogP contribution in [-0.2, 0) is 43.0 Å². The van der Waals surface area contributed by atoms with Gasteiger partial charge in [-0.15, -0.1) is 0 Å². The summed E-state index contributed by atoms with van der Waals surface area (Å²) in [6.07, 6.45) is 8.91. The number of carbonyl (C=O) groups excluding carboxylic acids is 2. The molecule has 2 unspecified atom stereocenters. The quantitative estimate of drug-likeness (QED) is 0.0778. The molecule has 2 atom stereocenters. The molecule has 2 aromatic heterocycles. The van der Waals surface area contributed by atoms with Gasteiger partial charge in [0.1, 0.15) is 13.1 Å². The minimum absolute atomic E-state index is 0.0172. The van der Waals surface area contributed by atoms with Gasteiger partial charge in [0.15, 0.2) is 11.4 Å². The van der Waals surface area contributed by atoms with Crippen LogP contribution >= 0.6 is 21.6 Å². The Morgan fingerprint density at radius 2 is 0.985 bits per heavy atom. The summed E-state index contributed by atoms with van der Waals surface area (Å²) in [5, 5.41) is 8.51. The zero-order chi connectivity index (χ0) is 45.8. The van der Waals surface area contributed by atoms with Gasteiger partial charge in [0.2, 0.25) is 11.8 Å². The molecule has 6 heterocycles. The SMILES string of the molecule is Cc1c(/C=C/C23OCCN2c2ccccc2C3(C)C)c2ccccc2n1CC(=O)NCCSSCCNC(=O)Cn1c(C)c(/C=C/C23OCCN2c2ccccc2C3(C)C)c2ccccc21. The summed E-state index contributed by atoms with van der Waals surface area (Å²) >= 11 is 0. The Balaban J connectivity index is 0.708. The summed E-state index contributed by atoms with van der Waals surface area (Å²) in [7, 11) is 3.41. The van der Waals surface area contributed by atoms with Crippen molar-refractivity contribution >= 4 is 78.7 Å². The maximum absolute atomic E-state index is 13.4. The number of ether oxygens (including phenoxy) is 2. The summed E-state index contributed by atoms with van der Waals surface area (Å²) in [6, 6.07) is 33.9. The number of nitrogens with one attached hydrogen (secondary N) is 2. The van der Waals surface area contributed by atoms with Crippen LogP contribution < -0.4 is 20.4 Å². The third kappa shape index (κ3) is 7.09. The predicted octanol–water partition coefficient (Wildman–Crippen LogP) is 9.60. The van der Waals surface area contributed by atoms with E-state index in [1.165, 1.54) is 22.5 Å². The molecule has 0 spiro atoms. The van der Waals surface area contributed by atoms with Crippen molar-refractivity contribution in [3.8, 4) is 0 Å². The smallest absolute Gasteiger partial charge is 0.239 e. The Bertz CT molecular complexity index is 2720. The number of para-hydroxylation sites is 4. The van der Waals surface area contributed by atoms with Crippen LogP contribution in [0.15, 0.2) is 109 Å². The molecule has 2 N–H and O–H groups in total. The second kappa shape index (κ2) is 17.4. The molecule has 10 nitrogen and oxygen atoms in total. The molecule has 0 bridgehead atoms. The number of fused-ring (bicyclic) bond motifs is 8. The van der Waals surface area contributed by atoms with E-state index in [0.29, 0.717) is 26.3 Å². The lowest BCUT2D eigenvalue weighted by Crippen LogP contribution is -2.51. The van der Waals surface area contributed by atoms with Gasteiger partial charge < -0.3 is 39.0 Å². The summed E-state index contributed by atoms with van der Waals surface area (Å²) in [5.41, 5.74) is 9.80. The lowest BCUT2D eigenvalue weighted by atomic mass is 9.77. The summed E-state index contributed by atoms with van der Waals surface area (Å²) in [5.74, 6) is 1.49. The first-order valence-electron chi connectivity index (χ1n) is 23.2. The van der Waals surface area contributed by atoms with Gasteiger partial charge in [0.05, 0.1) is 13.2 Å². The second-order valence-electron chi connectivity index (χ2n) is 18.9. The van der Waals surface area contributed by atoms with Crippen LogP contribution in [0.2, 0.25) is 0 Å². The van der Waals surface area contributed by atoms with Crippen molar-refractivity contribution in [3.63, 3.8) is 0 Å². The number of nitrogens with zero attached hydrogens (tertiary/aromatic N) is 4. The molecular formula is C54H60N6O4S2. The van der Waals surface area contributed by atoms with E-state index in [1.807, 2.05) is 12.1 Å². The van der Waals surface area contributed by atoms with E-state index in [0.717, 1.165) is 68.9 Å². The van der Waals surface area contributed by atoms with Crippen LogP contribution in [-0.4, -0.2) is 83.3 Å². The van der Waals surface area contributed by atoms with Crippen molar-refractivity contribution in [2.24, 2.45) is 0 Å². The summed E-state index contributed by atoms with van der Waals surface area (Å²) in [6.45, 7) is 17.9. The highest BCUT2D eigenvalue weighted by Crippen LogP contribution is 2.56. The van der Waals surface area contributed by atoms with Crippen LogP contribution in [0.1, 0.15) is 61.3 Å². The Morgan fingerprint density at radius 1 is 0.591 bits per heavy atom. The molecule has 2 fully saturated rings. The van der Waals surface area contributed by atoms with E-state index in [4.69, 9.17) is 9.47 Å². The van der Waals surface area contributed by atoms with E-state index >= 15 is 0 Å². The minimum Gasteiger partial charge on any atom is -0.354 e. The number of carbonyl (C=O) groups is 2. The fraction of sp³-hybridized carbons (Fsp3) is 0.370. The summed E-state index contributed by atoms with van der Waals surface area (Å²) < 4.78 is 17.5. The van der Waals surface area contributed by atoms with Crippen LogP contribution in [0.5, 0.6) is 0 Å². The number of hydrogen-bond donors (Lipinski definition) is 2.